The molecule has 3 heterocycles. The van der Waals surface area contributed by atoms with Crippen LogP contribution in [0.1, 0.15) is 61.6 Å². The monoisotopic (exact) mass is 477 g/mol. The summed E-state index contributed by atoms with van der Waals surface area (Å²) in [6.45, 7) is 2.89. The molecule has 35 heavy (non-hydrogen) atoms. The zero-order valence-corrected chi connectivity index (χ0v) is 20.3. The lowest BCUT2D eigenvalue weighted by Gasteiger charge is -2.15. The zero-order chi connectivity index (χ0) is 24.8. The number of carbonyl (C=O) groups is 1. The van der Waals surface area contributed by atoms with E-state index >= 15 is 0 Å². The van der Waals surface area contributed by atoms with Gasteiger partial charge in [-0.25, -0.2) is 9.97 Å². The molecule has 0 amide bonds. The van der Waals surface area contributed by atoms with Crippen LogP contribution in [0, 0.1) is 0 Å². The van der Waals surface area contributed by atoms with Crippen molar-refractivity contribution in [2.75, 3.05) is 13.7 Å². The number of imidazole rings is 1. The topological polar surface area (TPSA) is 115 Å². The molecule has 3 aromatic heterocycles. The molecule has 1 aromatic carbocycles. The van der Waals surface area contributed by atoms with Gasteiger partial charge in [0.05, 0.1) is 36.8 Å². The Bertz CT molecular complexity index is 1340. The summed E-state index contributed by atoms with van der Waals surface area (Å²) in [7, 11) is 3.38. The van der Waals surface area contributed by atoms with Gasteiger partial charge in [-0.05, 0) is 36.9 Å². The minimum Gasteiger partial charge on any atom is -0.496 e. The van der Waals surface area contributed by atoms with Crippen molar-refractivity contribution in [2.45, 2.75) is 45.1 Å². The molecule has 0 bridgehead atoms. The number of hydrogen-bond donors (Lipinski definition) is 2. The van der Waals surface area contributed by atoms with Gasteiger partial charge in [-0.2, -0.15) is 0 Å². The van der Waals surface area contributed by atoms with Crippen molar-refractivity contribution in [3.63, 3.8) is 0 Å². The average molecular weight is 478 g/mol. The van der Waals surface area contributed by atoms with Crippen LogP contribution in [0.3, 0.4) is 0 Å². The van der Waals surface area contributed by atoms with E-state index in [0.717, 1.165) is 60.2 Å². The van der Waals surface area contributed by atoms with Crippen LogP contribution in [0.2, 0.25) is 0 Å². The van der Waals surface area contributed by atoms with Gasteiger partial charge in [-0.1, -0.05) is 19.8 Å². The first kappa shape index (κ1) is 24.4. The Kier molecular flexibility index (Phi) is 7.77. The number of nitrogens with one attached hydrogen (secondary N) is 2. The first-order chi connectivity index (χ1) is 17.0. The smallest absolute Gasteiger partial charge is 0.263 e. The third-order valence-electron chi connectivity index (χ3n) is 6.18. The highest BCUT2D eigenvalue weighted by atomic mass is 16.5. The van der Waals surface area contributed by atoms with Crippen LogP contribution in [-0.4, -0.2) is 39.0 Å². The molecule has 0 radical (unpaired) electrons. The molecule has 0 unspecified atom stereocenters. The maximum absolute atomic E-state index is 12.0. The van der Waals surface area contributed by atoms with E-state index in [0.29, 0.717) is 12.2 Å². The van der Waals surface area contributed by atoms with Crippen molar-refractivity contribution in [3.8, 4) is 17.0 Å². The van der Waals surface area contributed by atoms with Crippen LogP contribution in [-0.2, 0) is 7.05 Å². The fourth-order valence-corrected chi connectivity index (χ4v) is 4.29. The standard InChI is InChI=1S/C26H31N5O4/c1-4-27-19(8-6-5-7-9-22(32)26-28-12-13-35-26)25-29-16-20(30-25)18-14-17-10-11-24(33)31(2)21(17)15-23(18)34-3/h10-16,19,27H,4-9H2,1-3H3,(H,29,30)/t19-/m0/s1. The quantitative estimate of drug-likeness (QED) is 0.229. The Morgan fingerprint density at radius 1 is 1.23 bits per heavy atom. The normalized spacial score (nSPS) is 12.2. The van der Waals surface area contributed by atoms with E-state index in [9.17, 15) is 9.59 Å². The highest BCUT2D eigenvalue weighted by Crippen LogP contribution is 2.33. The molecule has 0 fully saturated rings. The summed E-state index contributed by atoms with van der Waals surface area (Å²) in [6.07, 6.45) is 8.73. The summed E-state index contributed by atoms with van der Waals surface area (Å²) in [5, 5.41) is 4.45. The van der Waals surface area contributed by atoms with E-state index in [2.05, 4.69) is 27.2 Å². The lowest BCUT2D eigenvalue weighted by molar-refractivity contribution is 0.0945. The van der Waals surface area contributed by atoms with Crippen LogP contribution in [0.5, 0.6) is 5.75 Å². The summed E-state index contributed by atoms with van der Waals surface area (Å²) in [6, 6.07) is 7.36. The number of carbonyl (C=O) groups excluding carboxylic acids is 1. The molecule has 0 aliphatic carbocycles. The summed E-state index contributed by atoms with van der Waals surface area (Å²) < 4.78 is 12.3. The van der Waals surface area contributed by atoms with Gasteiger partial charge >= 0.3 is 0 Å². The van der Waals surface area contributed by atoms with Crippen molar-refractivity contribution < 1.29 is 13.9 Å². The molecule has 4 rings (SSSR count). The van der Waals surface area contributed by atoms with Gasteiger partial charge in [0.1, 0.15) is 17.8 Å². The number of H-pyrrole nitrogens is 1. The minimum atomic E-state index is -0.0633. The van der Waals surface area contributed by atoms with Gasteiger partial charge in [-0.3, -0.25) is 9.59 Å². The number of oxazole rings is 1. The first-order valence-electron chi connectivity index (χ1n) is 11.9. The molecule has 9 nitrogen and oxygen atoms in total. The molecule has 0 saturated heterocycles. The van der Waals surface area contributed by atoms with Crippen molar-refractivity contribution in [1.82, 2.24) is 24.8 Å². The Hall–Kier alpha value is -3.72. The zero-order valence-electron chi connectivity index (χ0n) is 20.3. The number of aryl methyl sites for hydroxylation is 1. The van der Waals surface area contributed by atoms with Gasteiger partial charge in [-0.15, -0.1) is 0 Å². The molecule has 1 atom stereocenters. The van der Waals surface area contributed by atoms with Gasteiger partial charge in [0.25, 0.3) is 11.4 Å². The number of pyridine rings is 1. The predicted molar refractivity (Wildman–Crippen MR) is 134 cm³/mol. The molecular formula is C26H31N5O4. The van der Waals surface area contributed by atoms with Gasteiger partial charge < -0.3 is 24.0 Å². The first-order valence-corrected chi connectivity index (χ1v) is 11.9. The lowest BCUT2D eigenvalue weighted by Crippen LogP contribution is -2.22. The number of ketones is 1. The van der Waals surface area contributed by atoms with E-state index in [1.165, 1.54) is 12.5 Å². The number of unbranched alkanes of at least 4 members (excludes halogenated alkanes) is 2. The number of Topliss-reactive ketones (excluding diaryl/α,β-unsaturated/α-hetero) is 1. The molecule has 2 N–H and O–H groups in total. The van der Waals surface area contributed by atoms with E-state index in [4.69, 9.17) is 9.15 Å². The second kappa shape index (κ2) is 11.1. The third-order valence-corrected chi connectivity index (χ3v) is 6.18. The number of nitrogens with zero attached hydrogens (tertiary/aromatic N) is 3. The predicted octanol–water partition coefficient (Wildman–Crippen LogP) is 4.41. The maximum Gasteiger partial charge on any atom is 0.263 e. The Balaban J connectivity index is 1.44. The summed E-state index contributed by atoms with van der Waals surface area (Å²) >= 11 is 0. The molecule has 0 saturated carbocycles. The van der Waals surface area contributed by atoms with Gasteiger partial charge in [0, 0.05) is 31.2 Å². The number of fused-ring (bicyclic) bond motifs is 1. The fraction of sp³-hybridized carbons (Fsp3) is 0.385. The summed E-state index contributed by atoms with van der Waals surface area (Å²) in [5.41, 5.74) is 2.49. The molecule has 0 spiro atoms. The largest absolute Gasteiger partial charge is 0.496 e. The molecule has 0 aliphatic heterocycles. The maximum atomic E-state index is 12.0. The number of ether oxygens (including phenoxy) is 1. The summed E-state index contributed by atoms with van der Waals surface area (Å²) in [4.78, 5) is 36.1. The van der Waals surface area contributed by atoms with E-state index in [1.54, 1.807) is 24.8 Å². The van der Waals surface area contributed by atoms with Crippen LogP contribution in [0.4, 0.5) is 0 Å². The highest BCUT2D eigenvalue weighted by molar-refractivity contribution is 5.91. The molecular weight excluding hydrogens is 446 g/mol. The average Bonchev–Trinajstić information content (AvgIpc) is 3.57. The fourth-order valence-electron chi connectivity index (χ4n) is 4.29. The molecule has 0 aliphatic rings. The Morgan fingerprint density at radius 2 is 2.09 bits per heavy atom. The second-order valence-corrected chi connectivity index (χ2v) is 8.49. The Morgan fingerprint density at radius 3 is 2.83 bits per heavy atom. The van der Waals surface area contributed by atoms with E-state index in [1.807, 2.05) is 24.4 Å². The number of rotatable bonds is 12. The molecule has 4 aromatic rings. The van der Waals surface area contributed by atoms with E-state index < -0.39 is 0 Å². The summed E-state index contributed by atoms with van der Waals surface area (Å²) in [5.74, 6) is 1.66. The molecule has 184 valence electrons. The van der Waals surface area contributed by atoms with Gasteiger partial charge in [0.15, 0.2) is 0 Å². The van der Waals surface area contributed by atoms with Crippen LogP contribution < -0.4 is 15.6 Å². The number of aromatic nitrogens is 4. The second-order valence-electron chi connectivity index (χ2n) is 8.49. The third kappa shape index (κ3) is 5.51. The minimum absolute atomic E-state index is 0.0571. The SMILES string of the molecule is CCN[C@@H](CCCCCC(=O)c1ncco1)c1ncc(-c2cc3ccc(=O)n(C)c3cc2OC)[nH]1. The van der Waals surface area contributed by atoms with Crippen molar-refractivity contribution >= 4 is 16.7 Å². The molecule has 9 heteroatoms. The number of aromatic amines is 1. The number of methoxy groups -OCH3 is 1. The van der Waals surface area contributed by atoms with Crippen LogP contribution >= 0.6 is 0 Å². The highest BCUT2D eigenvalue weighted by Gasteiger charge is 2.17. The Labute approximate surface area is 203 Å². The lowest BCUT2D eigenvalue weighted by atomic mass is 10.0. The van der Waals surface area contributed by atoms with Gasteiger partial charge in [0.2, 0.25) is 5.78 Å². The van der Waals surface area contributed by atoms with Crippen molar-refractivity contribution in [3.05, 3.63) is 65.0 Å². The van der Waals surface area contributed by atoms with Crippen LogP contribution in [0.25, 0.3) is 22.2 Å². The van der Waals surface area contributed by atoms with Crippen molar-refractivity contribution in [1.29, 1.82) is 0 Å². The van der Waals surface area contributed by atoms with E-state index in [-0.39, 0.29) is 23.3 Å². The number of hydrogen-bond acceptors (Lipinski definition) is 7. The van der Waals surface area contributed by atoms with Crippen LogP contribution in [0.15, 0.2) is 52.1 Å². The van der Waals surface area contributed by atoms with Crippen molar-refractivity contribution in [2.24, 2.45) is 7.05 Å². The number of benzene rings is 1.